The molecule has 0 aliphatic carbocycles. The molecule has 0 spiro atoms. The monoisotopic (exact) mass is 262 g/mol. The van der Waals surface area contributed by atoms with E-state index in [0.717, 1.165) is 30.6 Å². The molecule has 0 saturated heterocycles. The Hall–Kier alpha value is -1.35. The minimum Gasteiger partial charge on any atom is -0.341 e. The Morgan fingerprint density at radius 1 is 1.26 bits per heavy atom. The molecule has 0 aliphatic rings. The number of carbonyl (C=O) groups excluding carboxylic acids is 1. The zero-order valence-corrected chi connectivity index (χ0v) is 12.8. The highest BCUT2D eigenvalue weighted by Gasteiger charge is 2.20. The molecule has 0 aromatic heterocycles. The largest absolute Gasteiger partial charge is 0.341 e. The van der Waals surface area contributed by atoms with Crippen LogP contribution in [0.2, 0.25) is 0 Å². The molecule has 0 radical (unpaired) electrons. The summed E-state index contributed by atoms with van der Waals surface area (Å²) in [6.07, 6.45) is 0.877. The first-order chi connectivity index (χ1) is 8.85. The van der Waals surface area contributed by atoms with Gasteiger partial charge in [0.15, 0.2) is 0 Å². The van der Waals surface area contributed by atoms with Crippen molar-refractivity contribution in [2.75, 3.05) is 27.2 Å². The molecule has 1 rings (SSSR count). The SMILES string of the molecule is CNCCc1ccccc1C(=O)N(C)CC(C)(C)C. The van der Waals surface area contributed by atoms with Crippen LogP contribution in [-0.4, -0.2) is 38.0 Å². The number of benzene rings is 1. The van der Waals surface area contributed by atoms with Crippen molar-refractivity contribution in [3.63, 3.8) is 0 Å². The number of nitrogens with one attached hydrogen (secondary N) is 1. The van der Waals surface area contributed by atoms with Gasteiger partial charge in [-0.15, -0.1) is 0 Å². The van der Waals surface area contributed by atoms with Crippen LogP contribution in [0.15, 0.2) is 24.3 Å². The molecule has 0 bridgehead atoms. The molecule has 1 N–H and O–H groups in total. The molecule has 106 valence electrons. The molecule has 1 aromatic carbocycles. The fourth-order valence-corrected chi connectivity index (χ4v) is 2.20. The lowest BCUT2D eigenvalue weighted by molar-refractivity contribution is 0.0744. The molecular weight excluding hydrogens is 236 g/mol. The summed E-state index contributed by atoms with van der Waals surface area (Å²) in [5.74, 6) is 0.113. The summed E-state index contributed by atoms with van der Waals surface area (Å²) in [6, 6.07) is 7.88. The molecule has 19 heavy (non-hydrogen) atoms. The zero-order valence-electron chi connectivity index (χ0n) is 12.8. The highest BCUT2D eigenvalue weighted by molar-refractivity contribution is 5.95. The van der Waals surface area contributed by atoms with Crippen molar-refractivity contribution in [3.05, 3.63) is 35.4 Å². The van der Waals surface area contributed by atoms with E-state index in [1.54, 1.807) is 0 Å². The number of hydrogen-bond donors (Lipinski definition) is 1. The van der Waals surface area contributed by atoms with E-state index in [1.807, 2.05) is 43.3 Å². The van der Waals surface area contributed by atoms with E-state index in [9.17, 15) is 4.79 Å². The van der Waals surface area contributed by atoms with Crippen molar-refractivity contribution in [1.29, 1.82) is 0 Å². The predicted octanol–water partition coefficient (Wildman–Crippen LogP) is 2.57. The molecule has 0 aliphatic heterocycles. The third-order valence-electron chi connectivity index (χ3n) is 2.95. The van der Waals surface area contributed by atoms with E-state index in [0.29, 0.717) is 0 Å². The lowest BCUT2D eigenvalue weighted by Crippen LogP contribution is -2.35. The number of rotatable bonds is 5. The van der Waals surface area contributed by atoms with E-state index in [1.165, 1.54) is 0 Å². The van der Waals surface area contributed by atoms with Crippen molar-refractivity contribution in [3.8, 4) is 0 Å². The first kappa shape index (κ1) is 15.7. The van der Waals surface area contributed by atoms with Crippen molar-refractivity contribution < 1.29 is 4.79 Å². The molecule has 1 amide bonds. The van der Waals surface area contributed by atoms with Gasteiger partial charge < -0.3 is 10.2 Å². The minimum atomic E-state index is 0.113. The van der Waals surface area contributed by atoms with Gasteiger partial charge in [-0.05, 0) is 37.1 Å². The van der Waals surface area contributed by atoms with Gasteiger partial charge in [-0.2, -0.15) is 0 Å². The van der Waals surface area contributed by atoms with Gasteiger partial charge in [-0.3, -0.25) is 4.79 Å². The maximum atomic E-state index is 12.5. The summed E-state index contributed by atoms with van der Waals surface area (Å²) in [4.78, 5) is 14.3. The Kier molecular flexibility index (Phi) is 5.55. The summed E-state index contributed by atoms with van der Waals surface area (Å²) in [5.41, 5.74) is 2.05. The Labute approximate surface area is 117 Å². The van der Waals surface area contributed by atoms with Gasteiger partial charge in [0.25, 0.3) is 5.91 Å². The number of amides is 1. The van der Waals surface area contributed by atoms with Crippen LogP contribution in [0.4, 0.5) is 0 Å². The van der Waals surface area contributed by atoms with Gasteiger partial charge in [-0.1, -0.05) is 39.0 Å². The fourth-order valence-electron chi connectivity index (χ4n) is 2.20. The van der Waals surface area contributed by atoms with E-state index in [-0.39, 0.29) is 11.3 Å². The molecular formula is C16H26N2O. The second-order valence-corrected chi connectivity index (χ2v) is 6.23. The lowest BCUT2D eigenvalue weighted by atomic mass is 9.95. The van der Waals surface area contributed by atoms with E-state index in [2.05, 4.69) is 26.1 Å². The van der Waals surface area contributed by atoms with Gasteiger partial charge in [0.2, 0.25) is 0 Å². The summed E-state index contributed by atoms with van der Waals surface area (Å²) < 4.78 is 0. The summed E-state index contributed by atoms with van der Waals surface area (Å²) >= 11 is 0. The van der Waals surface area contributed by atoms with Crippen molar-refractivity contribution in [2.45, 2.75) is 27.2 Å². The van der Waals surface area contributed by atoms with Crippen LogP contribution >= 0.6 is 0 Å². The molecule has 0 unspecified atom stereocenters. The standard InChI is InChI=1S/C16H26N2O/c1-16(2,3)12-18(5)15(19)14-9-7-6-8-13(14)10-11-17-4/h6-9,17H,10-12H2,1-5H3. The summed E-state index contributed by atoms with van der Waals surface area (Å²) in [5, 5.41) is 3.12. The third kappa shape index (κ3) is 5.03. The number of hydrogen-bond acceptors (Lipinski definition) is 2. The quantitative estimate of drug-likeness (QED) is 0.884. The van der Waals surface area contributed by atoms with Gasteiger partial charge in [0.1, 0.15) is 0 Å². The number of likely N-dealkylation sites (N-methyl/N-ethyl adjacent to an activating group) is 1. The first-order valence-electron chi connectivity index (χ1n) is 6.83. The van der Waals surface area contributed by atoms with Crippen LogP contribution in [0.25, 0.3) is 0 Å². The molecule has 0 atom stereocenters. The van der Waals surface area contributed by atoms with Crippen LogP contribution in [-0.2, 0) is 6.42 Å². The van der Waals surface area contributed by atoms with E-state index in [4.69, 9.17) is 0 Å². The fraction of sp³-hybridized carbons (Fsp3) is 0.562. The lowest BCUT2D eigenvalue weighted by Gasteiger charge is -2.27. The Balaban J connectivity index is 2.86. The molecule has 0 saturated carbocycles. The molecule has 0 fully saturated rings. The van der Waals surface area contributed by atoms with Crippen molar-refractivity contribution in [2.24, 2.45) is 5.41 Å². The van der Waals surface area contributed by atoms with Crippen LogP contribution in [0.5, 0.6) is 0 Å². The smallest absolute Gasteiger partial charge is 0.253 e. The van der Waals surface area contributed by atoms with Crippen molar-refractivity contribution in [1.82, 2.24) is 10.2 Å². The minimum absolute atomic E-state index is 0.113. The summed E-state index contributed by atoms with van der Waals surface area (Å²) in [7, 11) is 3.80. The van der Waals surface area contributed by atoms with E-state index >= 15 is 0 Å². The molecule has 3 heteroatoms. The Morgan fingerprint density at radius 3 is 2.47 bits per heavy atom. The van der Waals surface area contributed by atoms with Crippen LogP contribution in [0, 0.1) is 5.41 Å². The third-order valence-corrected chi connectivity index (χ3v) is 2.95. The van der Waals surface area contributed by atoms with Gasteiger partial charge in [-0.25, -0.2) is 0 Å². The second kappa shape index (κ2) is 6.71. The van der Waals surface area contributed by atoms with Gasteiger partial charge in [0, 0.05) is 19.2 Å². The Bertz CT molecular complexity index is 421. The first-order valence-corrected chi connectivity index (χ1v) is 6.83. The van der Waals surface area contributed by atoms with Gasteiger partial charge >= 0.3 is 0 Å². The second-order valence-electron chi connectivity index (χ2n) is 6.23. The maximum absolute atomic E-state index is 12.5. The molecule has 0 heterocycles. The number of nitrogens with zero attached hydrogens (tertiary/aromatic N) is 1. The van der Waals surface area contributed by atoms with Crippen molar-refractivity contribution >= 4 is 5.91 Å². The van der Waals surface area contributed by atoms with Gasteiger partial charge in [0.05, 0.1) is 0 Å². The highest BCUT2D eigenvalue weighted by atomic mass is 16.2. The van der Waals surface area contributed by atoms with Crippen LogP contribution in [0.3, 0.4) is 0 Å². The Morgan fingerprint density at radius 2 is 1.89 bits per heavy atom. The predicted molar refractivity (Wildman–Crippen MR) is 80.5 cm³/mol. The summed E-state index contributed by atoms with van der Waals surface area (Å²) in [6.45, 7) is 8.07. The average Bonchev–Trinajstić information content (AvgIpc) is 2.33. The highest BCUT2D eigenvalue weighted by Crippen LogP contribution is 2.17. The average molecular weight is 262 g/mol. The molecule has 1 aromatic rings. The normalized spacial score (nSPS) is 11.4. The maximum Gasteiger partial charge on any atom is 0.253 e. The van der Waals surface area contributed by atoms with E-state index < -0.39 is 0 Å². The van der Waals surface area contributed by atoms with Crippen LogP contribution in [0.1, 0.15) is 36.7 Å². The van der Waals surface area contributed by atoms with Crippen LogP contribution < -0.4 is 5.32 Å². The topological polar surface area (TPSA) is 32.3 Å². The number of carbonyl (C=O) groups is 1. The zero-order chi connectivity index (χ0) is 14.5. The molecule has 3 nitrogen and oxygen atoms in total.